The zero-order chi connectivity index (χ0) is 25.6. The lowest BCUT2D eigenvalue weighted by Gasteiger charge is -2.24. The summed E-state index contributed by atoms with van der Waals surface area (Å²) >= 11 is 26.0. The summed E-state index contributed by atoms with van der Waals surface area (Å²) in [7, 11) is -4.04. The van der Waals surface area contributed by atoms with Gasteiger partial charge >= 0.3 is 0 Å². The molecule has 186 valence electrons. The molecular formula is C24H22Cl4N2O3S2. The molecule has 3 rings (SSSR count). The highest BCUT2D eigenvalue weighted by Crippen LogP contribution is 2.31. The zero-order valence-electron chi connectivity index (χ0n) is 18.6. The fraction of sp³-hybridized carbons (Fsp3) is 0.208. The van der Waals surface area contributed by atoms with Crippen molar-refractivity contribution in [3.63, 3.8) is 0 Å². The predicted octanol–water partition coefficient (Wildman–Crippen LogP) is 6.85. The average molecular weight is 592 g/mol. The average Bonchev–Trinajstić information content (AvgIpc) is 2.81. The second-order valence-electron chi connectivity index (χ2n) is 7.53. The molecule has 0 heterocycles. The van der Waals surface area contributed by atoms with E-state index in [1.165, 1.54) is 30.3 Å². The Morgan fingerprint density at radius 1 is 0.914 bits per heavy atom. The van der Waals surface area contributed by atoms with E-state index in [2.05, 4.69) is 5.32 Å². The maximum atomic E-state index is 13.4. The SMILES string of the molecule is Cc1ccc(S(=O)(=O)N(CC(=O)NCCSCc2c(Cl)cccc2Cl)c2ccc(Cl)c(Cl)c2)cc1. The van der Waals surface area contributed by atoms with Crippen molar-refractivity contribution in [3.05, 3.63) is 91.9 Å². The lowest BCUT2D eigenvalue weighted by molar-refractivity contribution is -0.119. The number of nitrogens with one attached hydrogen (secondary N) is 1. The van der Waals surface area contributed by atoms with Gasteiger partial charge in [0.1, 0.15) is 6.54 Å². The van der Waals surface area contributed by atoms with Crippen molar-refractivity contribution >= 4 is 79.8 Å². The van der Waals surface area contributed by atoms with Crippen LogP contribution in [0.4, 0.5) is 5.69 Å². The number of carbonyl (C=O) groups excluding carboxylic acids is 1. The van der Waals surface area contributed by atoms with E-state index in [4.69, 9.17) is 46.4 Å². The third-order valence-electron chi connectivity index (χ3n) is 4.96. The number of hydrogen-bond donors (Lipinski definition) is 1. The molecule has 0 fully saturated rings. The number of nitrogens with zero attached hydrogens (tertiary/aromatic N) is 1. The van der Waals surface area contributed by atoms with Crippen molar-refractivity contribution < 1.29 is 13.2 Å². The van der Waals surface area contributed by atoms with Crippen molar-refractivity contribution in [1.82, 2.24) is 5.32 Å². The minimum absolute atomic E-state index is 0.0640. The molecule has 1 N–H and O–H groups in total. The van der Waals surface area contributed by atoms with Gasteiger partial charge in [-0.25, -0.2) is 8.42 Å². The molecule has 0 unspecified atom stereocenters. The van der Waals surface area contributed by atoms with Crippen molar-refractivity contribution in [2.24, 2.45) is 0 Å². The van der Waals surface area contributed by atoms with E-state index < -0.39 is 22.5 Å². The third-order valence-corrected chi connectivity index (χ3v) is 9.18. The van der Waals surface area contributed by atoms with Crippen LogP contribution < -0.4 is 9.62 Å². The molecule has 0 saturated carbocycles. The molecule has 0 aromatic heterocycles. The van der Waals surface area contributed by atoms with E-state index in [-0.39, 0.29) is 20.6 Å². The van der Waals surface area contributed by atoms with Gasteiger partial charge in [-0.3, -0.25) is 9.10 Å². The van der Waals surface area contributed by atoms with Gasteiger partial charge in [0, 0.05) is 28.1 Å². The topological polar surface area (TPSA) is 66.5 Å². The molecule has 0 saturated heterocycles. The highest BCUT2D eigenvalue weighted by atomic mass is 35.5. The monoisotopic (exact) mass is 590 g/mol. The van der Waals surface area contributed by atoms with Crippen LogP contribution in [0.25, 0.3) is 0 Å². The predicted molar refractivity (Wildman–Crippen MR) is 148 cm³/mol. The molecule has 0 aliphatic carbocycles. The number of rotatable bonds is 10. The van der Waals surface area contributed by atoms with E-state index in [0.717, 1.165) is 15.4 Å². The van der Waals surface area contributed by atoms with Crippen molar-refractivity contribution in [3.8, 4) is 0 Å². The number of sulfonamides is 1. The van der Waals surface area contributed by atoms with Crippen LogP contribution in [-0.2, 0) is 20.6 Å². The number of aryl methyl sites for hydroxylation is 1. The number of benzene rings is 3. The van der Waals surface area contributed by atoms with Crippen molar-refractivity contribution in [2.45, 2.75) is 17.6 Å². The molecule has 5 nitrogen and oxygen atoms in total. The molecule has 35 heavy (non-hydrogen) atoms. The summed E-state index contributed by atoms with van der Waals surface area (Å²) in [5.41, 5.74) is 1.98. The summed E-state index contributed by atoms with van der Waals surface area (Å²) in [6, 6.07) is 16.2. The minimum atomic E-state index is -4.04. The Balaban J connectivity index is 1.68. The Labute approximate surface area is 229 Å². The first kappa shape index (κ1) is 28.0. The van der Waals surface area contributed by atoms with Crippen molar-refractivity contribution in [1.29, 1.82) is 0 Å². The standard InChI is InChI=1S/C24H22Cl4N2O3S2/c1-16-5-8-18(9-6-16)35(32,33)30(17-7-10-22(27)23(28)13-17)14-24(31)29-11-12-34-15-19-20(25)3-2-4-21(19)26/h2-10,13H,11-12,14-15H2,1H3,(H,29,31). The summed E-state index contributed by atoms with van der Waals surface area (Å²) in [6.07, 6.45) is 0. The van der Waals surface area contributed by atoms with Crippen LogP contribution in [0, 0.1) is 6.92 Å². The van der Waals surface area contributed by atoms with Crippen LogP contribution in [-0.4, -0.2) is 33.2 Å². The van der Waals surface area contributed by atoms with Crippen LogP contribution in [0.3, 0.4) is 0 Å². The number of hydrogen-bond acceptors (Lipinski definition) is 4. The Bertz CT molecular complexity index is 1280. The lowest BCUT2D eigenvalue weighted by Crippen LogP contribution is -2.41. The molecule has 11 heteroatoms. The van der Waals surface area contributed by atoms with E-state index in [1.54, 1.807) is 42.1 Å². The number of halogens is 4. The molecule has 0 aliphatic rings. The molecular weight excluding hydrogens is 570 g/mol. The number of thioether (sulfide) groups is 1. The third kappa shape index (κ3) is 7.44. The van der Waals surface area contributed by atoms with E-state index in [1.807, 2.05) is 6.92 Å². The first-order chi connectivity index (χ1) is 16.6. The second-order valence-corrected chi connectivity index (χ2v) is 12.1. The first-order valence-electron chi connectivity index (χ1n) is 10.4. The quantitative estimate of drug-likeness (QED) is 0.262. The first-order valence-corrected chi connectivity index (χ1v) is 14.5. The number of amides is 1. The molecule has 0 spiro atoms. The largest absolute Gasteiger partial charge is 0.354 e. The van der Waals surface area contributed by atoms with Gasteiger partial charge in [-0.2, -0.15) is 11.8 Å². The molecule has 1 amide bonds. The molecule has 0 aliphatic heterocycles. The van der Waals surface area contributed by atoms with Gasteiger partial charge < -0.3 is 5.32 Å². The van der Waals surface area contributed by atoms with Gasteiger partial charge in [0.25, 0.3) is 10.0 Å². The van der Waals surface area contributed by atoms with E-state index >= 15 is 0 Å². The second kappa shape index (κ2) is 12.6. The normalized spacial score (nSPS) is 11.3. The Kier molecular flexibility index (Phi) is 10.0. The fourth-order valence-corrected chi connectivity index (χ4v) is 6.39. The highest BCUT2D eigenvalue weighted by Gasteiger charge is 2.27. The molecule has 0 bridgehead atoms. The Morgan fingerprint density at radius 2 is 1.57 bits per heavy atom. The van der Waals surface area contributed by atoms with Gasteiger partial charge in [-0.05, 0) is 55.0 Å². The van der Waals surface area contributed by atoms with Gasteiger partial charge in [-0.1, -0.05) is 70.2 Å². The molecule has 0 atom stereocenters. The van der Waals surface area contributed by atoms with Crippen LogP contribution in [0.2, 0.25) is 20.1 Å². The van der Waals surface area contributed by atoms with E-state index in [9.17, 15) is 13.2 Å². The fourth-order valence-electron chi connectivity index (χ4n) is 3.09. The van der Waals surface area contributed by atoms with Crippen molar-refractivity contribution in [2.75, 3.05) is 23.1 Å². The van der Waals surface area contributed by atoms with Crippen LogP contribution in [0.5, 0.6) is 0 Å². The van der Waals surface area contributed by atoms with Gasteiger partial charge in [0.2, 0.25) is 5.91 Å². The smallest absolute Gasteiger partial charge is 0.264 e. The summed E-state index contributed by atoms with van der Waals surface area (Å²) in [5, 5.41) is 4.41. The summed E-state index contributed by atoms with van der Waals surface area (Å²) in [6.45, 7) is 1.78. The summed E-state index contributed by atoms with van der Waals surface area (Å²) in [5.74, 6) is 0.722. The van der Waals surface area contributed by atoms with Crippen LogP contribution in [0.15, 0.2) is 65.6 Å². The van der Waals surface area contributed by atoms with E-state index in [0.29, 0.717) is 28.1 Å². The summed E-state index contributed by atoms with van der Waals surface area (Å²) in [4.78, 5) is 12.8. The Hall–Kier alpha value is -1.61. The van der Waals surface area contributed by atoms with Gasteiger partial charge in [0.15, 0.2) is 0 Å². The number of anilines is 1. The minimum Gasteiger partial charge on any atom is -0.354 e. The lowest BCUT2D eigenvalue weighted by atomic mass is 10.2. The zero-order valence-corrected chi connectivity index (χ0v) is 23.3. The Morgan fingerprint density at radius 3 is 2.20 bits per heavy atom. The summed E-state index contributed by atoms with van der Waals surface area (Å²) < 4.78 is 27.8. The molecule has 3 aromatic carbocycles. The maximum Gasteiger partial charge on any atom is 0.264 e. The number of carbonyl (C=O) groups is 1. The highest BCUT2D eigenvalue weighted by molar-refractivity contribution is 7.98. The van der Waals surface area contributed by atoms with Crippen LogP contribution >= 0.6 is 58.2 Å². The molecule has 0 radical (unpaired) electrons. The van der Waals surface area contributed by atoms with Gasteiger partial charge in [-0.15, -0.1) is 0 Å². The van der Waals surface area contributed by atoms with Gasteiger partial charge in [0.05, 0.1) is 20.6 Å². The van der Waals surface area contributed by atoms with Crippen LogP contribution in [0.1, 0.15) is 11.1 Å². The molecule has 3 aromatic rings. The maximum absolute atomic E-state index is 13.4.